The molecule has 0 aliphatic rings. The number of ether oxygens (including phenoxy) is 2. The number of benzene rings is 3. The minimum atomic E-state index is -4.05. The van der Waals surface area contributed by atoms with Crippen LogP contribution in [0.2, 0.25) is 5.02 Å². The monoisotopic (exact) mass is 474 g/mol. The number of nitrogens with one attached hydrogen (secondary N) is 2. The van der Waals surface area contributed by atoms with Crippen molar-refractivity contribution >= 4 is 38.9 Å². The molecule has 7 nitrogen and oxygen atoms in total. The zero-order chi connectivity index (χ0) is 23.3. The minimum Gasteiger partial charge on any atom is -0.495 e. The molecule has 0 aromatic heterocycles. The zero-order valence-electron chi connectivity index (χ0n) is 17.8. The minimum absolute atomic E-state index is 0.117. The van der Waals surface area contributed by atoms with Crippen molar-refractivity contribution in [3.63, 3.8) is 0 Å². The lowest BCUT2D eigenvalue weighted by Gasteiger charge is -2.17. The SMILES string of the molecule is COc1ccc(NC(=O)C(C)Oc2ccc(C)cc2)cc1S(=O)(=O)Nc1ccccc1Cl. The Morgan fingerprint density at radius 3 is 2.38 bits per heavy atom. The normalized spacial score (nSPS) is 12.0. The van der Waals surface area contributed by atoms with E-state index in [9.17, 15) is 13.2 Å². The van der Waals surface area contributed by atoms with Crippen LogP contribution >= 0.6 is 11.6 Å². The van der Waals surface area contributed by atoms with E-state index >= 15 is 0 Å². The molecule has 9 heteroatoms. The fourth-order valence-corrected chi connectivity index (χ4v) is 4.34. The lowest BCUT2D eigenvalue weighted by Crippen LogP contribution is -2.30. The smallest absolute Gasteiger partial charge is 0.265 e. The van der Waals surface area contributed by atoms with Crippen LogP contribution in [0.5, 0.6) is 11.5 Å². The Bertz CT molecular complexity index is 1210. The van der Waals surface area contributed by atoms with Crippen LogP contribution in [0.15, 0.2) is 71.6 Å². The summed E-state index contributed by atoms with van der Waals surface area (Å²) in [4.78, 5) is 12.4. The number of methoxy groups -OCH3 is 1. The molecule has 0 bridgehead atoms. The first-order valence-corrected chi connectivity index (χ1v) is 11.6. The van der Waals surface area contributed by atoms with Gasteiger partial charge in [-0.3, -0.25) is 9.52 Å². The molecule has 0 heterocycles. The highest BCUT2D eigenvalue weighted by atomic mass is 35.5. The Labute approximate surface area is 192 Å². The van der Waals surface area contributed by atoms with E-state index in [2.05, 4.69) is 10.0 Å². The van der Waals surface area contributed by atoms with Crippen LogP contribution in [0.1, 0.15) is 12.5 Å². The van der Waals surface area contributed by atoms with Crippen LogP contribution in [-0.4, -0.2) is 27.5 Å². The van der Waals surface area contributed by atoms with Crippen molar-refractivity contribution in [3.8, 4) is 11.5 Å². The largest absolute Gasteiger partial charge is 0.495 e. The summed E-state index contributed by atoms with van der Waals surface area (Å²) in [5, 5.41) is 2.93. The average Bonchev–Trinajstić information content (AvgIpc) is 2.76. The number of halogens is 1. The van der Waals surface area contributed by atoms with E-state index in [0.29, 0.717) is 5.75 Å². The van der Waals surface area contributed by atoms with Crippen molar-refractivity contribution in [2.24, 2.45) is 0 Å². The van der Waals surface area contributed by atoms with Crippen molar-refractivity contribution in [1.82, 2.24) is 0 Å². The second-order valence-electron chi connectivity index (χ2n) is 7.01. The maximum atomic E-state index is 13.0. The number of sulfonamides is 1. The van der Waals surface area contributed by atoms with Crippen molar-refractivity contribution < 1.29 is 22.7 Å². The van der Waals surface area contributed by atoms with Gasteiger partial charge in [-0.25, -0.2) is 8.42 Å². The first-order valence-electron chi connectivity index (χ1n) is 9.69. The molecule has 0 saturated heterocycles. The lowest BCUT2D eigenvalue weighted by molar-refractivity contribution is -0.122. The highest BCUT2D eigenvalue weighted by molar-refractivity contribution is 7.92. The van der Waals surface area contributed by atoms with Gasteiger partial charge in [-0.15, -0.1) is 0 Å². The fraction of sp³-hybridized carbons (Fsp3) is 0.174. The Kier molecular flexibility index (Phi) is 7.27. The molecule has 0 aliphatic heterocycles. The van der Waals surface area contributed by atoms with Crippen LogP contribution < -0.4 is 19.5 Å². The summed E-state index contributed by atoms with van der Waals surface area (Å²) in [6.07, 6.45) is -0.805. The van der Waals surface area contributed by atoms with Crippen LogP contribution in [0.25, 0.3) is 0 Å². The molecule has 0 radical (unpaired) electrons. The van der Waals surface area contributed by atoms with Crippen molar-refractivity contribution in [2.75, 3.05) is 17.1 Å². The molecule has 3 aromatic rings. The topological polar surface area (TPSA) is 93.7 Å². The number of amides is 1. The van der Waals surface area contributed by atoms with E-state index in [1.807, 2.05) is 19.1 Å². The average molecular weight is 475 g/mol. The molecule has 1 unspecified atom stereocenters. The van der Waals surface area contributed by atoms with Gasteiger partial charge < -0.3 is 14.8 Å². The maximum Gasteiger partial charge on any atom is 0.265 e. The van der Waals surface area contributed by atoms with E-state index in [1.54, 1.807) is 49.4 Å². The number of para-hydroxylation sites is 1. The van der Waals surface area contributed by atoms with Gasteiger partial charge in [0.25, 0.3) is 15.9 Å². The molecule has 2 N–H and O–H groups in total. The zero-order valence-corrected chi connectivity index (χ0v) is 19.3. The second-order valence-corrected chi connectivity index (χ2v) is 9.07. The Morgan fingerprint density at radius 2 is 1.72 bits per heavy atom. The van der Waals surface area contributed by atoms with Gasteiger partial charge in [-0.05, 0) is 56.3 Å². The van der Waals surface area contributed by atoms with Gasteiger partial charge in [-0.1, -0.05) is 41.4 Å². The molecule has 3 rings (SSSR count). The molecule has 1 amide bonds. The van der Waals surface area contributed by atoms with Crippen molar-refractivity contribution in [1.29, 1.82) is 0 Å². The number of hydrogen-bond donors (Lipinski definition) is 2. The number of carbonyl (C=O) groups excluding carboxylic acids is 1. The summed E-state index contributed by atoms with van der Waals surface area (Å²) in [5.41, 5.74) is 1.58. The van der Waals surface area contributed by atoms with Crippen LogP contribution in [0.4, 0.5) is 11.4 Å². The fourth-order valence-electron chi connectivity index (χ4n) is 2.83. The molecule has 0 aliphatic carbocycles. The van der Waals surface area contributed by atoms with Crippen molar-refractivity contribution in [2.45, 2.75) is 24.8 Å². The van der Waals surface area contributed by atoms with Crippen molar-refractivity contribution in [3.05, 3.63) is 77.3 Å². The summed E-state index contributed by atoms with van der Waals surface area (Å²) >= 11 is 6.07. The van der Waals surface area contributed by atoms with Gasteiger partial charge in [0, 0.05) is 5.69 Å². The van der Waals surface area contributed by atoms with Gasteiger partial charge in [0.05, 0.1) is 17.8 Å². The third kappa shape index (κ3) is 5.72. The predicted molar refractivity (Wildman–Crippen MR) is 125 cm³/mol. The summed E-state index contributed by atoms with van der Waals surface area (Å²) in [6, 6.07) is 18.1. The number of hydrogen-bond acceptors (Lipinski definition) is 5. The molecule has 0 spiro atoms. The van der Waals surface area contributed by atoms with Gasteiger partial charge >= 0.3 is 0 Å². The third-order valence-electron chi connectivity index (χ3n) is 4.54. The van der Waals surface area contributed by atoms with E-state index in [0.717, 1.165) is 5.56 Å². The number of rotatable bonds is 8. The Hall–Kier alpha value is -3.23. The van der Waals surface area contributed by atoms with Gasteiger partial charge in [-0.2, -0.15) is 0 Å². The Balaban J connectivity index is 1.80. The van der Waals surface area contributed by atoms with Crippen LogP contribution in [-0.2, 0) is 14.8 Å². The molecule has 32 heavy (non-hydrogen) atoms. The first-order chi connectivity index (χ1) is 15.2. The molecule has 168 valence electrons. The summed E-state index contributed by atoms with van der Waals surface area (Å²) in [7, 11) is -2.69. The highest BCUT2D eigenvalue weighted by Gasteiger charge is 2.23. The van der Waals surface area contributed by atoms with Gasteiger partial charge in [0.15, 0.2) is 6.10 Å². The Morgan fingerprint density at radius 1 is 1.03 bits per heavy atom. The molecular formula is C23H23ClN2O5S. The van der Waals surface area contributed by atoms with E-state index in [1.165, 1.54) is 19.2 Å². The quantitative estimate of drug-likeness (QED) is 0.486. The van der Waals surface area contributed by atoms with E-state index < -0.39 is 22.0 Å². The van der Waals surface area contributed by atoms with Gasteiger partial charge in [0.2, 0.25) is 0 Å². The summed E-state index contributed by atoms with van der Waals surface area (Å²) < 4.78 is 39.3. The number of aryl methyl sites for hydroxylation is 1. The predicted octanol–water partition coefficient (Wildman–Crippen LogP) is 4.86. The molecule has 0 saturated carbocycles. The molecular weight excluding hydrogens is 452 g/mol. The molecule has 0 fully saturated rings. The second kappa shape index (κ2) is 9.93. The standard InChI is InChI=1S/C23H23ClN2O5S/c1-15-8-11-18(12-9-15)31-16(2)23(27)25-17-10-13-21(30-3)22(14-17)32(28,29)26-20-7-5-4-6-19(20)24/h4-14,16,26H,1-3H3,(H,25,27). The molecule has 3 aromatic carbocycles. The van der Waals surface area contributed by atoms with Crippen LogP contribution in [0.3, 0.4) is 0 Å². The number of anilines is 2. The maximum absolute atomic E-state index is 13.0. The highest BCUT2D eigenvalue weighted by Crippen LogP contribution is 2.31. The third-order valence-corrected chi connectivity index (χ3v) is 6.26. The summed E-state index contributed by atoms with van der Waals surface area (Å²) in [5.74, 6) is 0.241. The number of carbonyl (C=O) groups is 1. The summed E-state index contributed by atoms with van der Waals surface area (Å²) in [6.45, 7) is 3.56. The van der Waals surface area contributed by atoms with Gasteiger partial charge in [0.1, 0.15) is 16.4 Å². The first kappa shape index (κ1) is 23.4. The van der Waals surface area contributed by atoms with Crippen LogP contribution in [0, 0.1) is 6.92 Å². The molecule has 1 atom stereocenters. The van der Waals surface area contributed by atoms with E-state index in [-0.39, 0.29) is 27.0 Å². The lowest BCUT2D eigenvalue weighted by atomic mass is 10.2. The van der Waals surface area contributed by atoms with E-state index in [4.69, 9.17) is 21.1 Å².